The summed E-state index contributed by atoms with van der Waals surface area (Å²) in [5.74, 6) is 1.37. The van der Waals surface area contributed by atoms with Crippen molar-refractivity contribution in [2.75, 3.05) is 0 Å². The molecule has 3 aromatic rings. The zero-order chi connectivity index (χ0) is 22.1. The molecule has 2 atom stereocenters. The molecular weight excluding hydrogens is 575 g/mol. The largest absolute Gasteiger partial charge is 0.393 e. The van der Waals surface area contributed by atoms with Crippen LogP contribution in [0.15, 0.2) is 42.6 Å². The first kappa shape index (κ1) is 25.0. The predicted octanol–water partition coefficient (Wildman–Crippen LogP) is 5.97. The molecule has 0 amide bonds. The molecule has 0 saturated heterocycles. The van der Waals surface area contributed by atoms with Gasteiger partial charge in [-0.3, -0.25) is 0 Å². The first-order valence-electron chi connectivity index (χ1n) is 11.6. The first-order chi connectivity index (χ1) is 14.8. The fraction of sp³-hybridized carbons (Fsp3) is 0.464. The molecule has 5 rings (SSSR count). The van der Waals surface area contributed by atoms with Crippen LogP contribution >= 0.6 is 0 Å². The summed E-state index contributed by atoms with van der Waals surface area (Å²) in [4.78, 5) is 4.63. The molecule has 0 bridgehead atoms. The van der Waals surface area contributed by atoms with E-state index in [4.69, 9.17) is 0 Å². The number of aliphatic hydroxyl groups is 2. The minimum absolute atomic E-state index is 0. The van der Waals surface area contributed by atoms with E-state index in [0.717, 1.165) is 42.5 Å². The maximum absolute atomic E-state index is 9.41. The van der Waals surface area contributed by atoms with E-state index in [1.807, 2.05) is 6.20 Å². The number of aromatic nitrogens is 1. The van der Waals surface area contributed by atoms with Crippen molar-refractivity contribution in [3.8, 4) is 11.3 Å². The van der Waals surface area contributed by atoms with Crippen LogP contribution in [0.25, 0.3) is 22.0 Å². The maximum atomic E-state index is 9.41. The number of aryl methyl sites for hydroxylation is 2. The van der Waals surface area contributed by atoms with Gasteiger partial charge in [-0.2, -0.15) is 0 Å². The molecule has 2 N–H and O–H groups in total. The molecule has 2 aliphatic rings. The predicted molar refractivity (Wildman–Crippen MR) is 127 cm³/mol. The molecule has 32 heavy (non-hydrogen) atoms. The Bertz CT molecular complexity index is 1030. The molecule has 2 unspecified atom stereocenters. The van der Waals surface area contributed by atoms with Crippen molar-refractivity contribution >= 4 is 10.8 Å². The SMILES string of the molecule is Cc1[c-]c(-c2nccc3ccc(C(C)C)cc23)cc(C)c1.OC1CCC2CCC(O)C12.[Ir]. The molecule has 3 nitrogen and oxygen atoms in total. The van der Waals surface area contributed by atoms with Crippen LogP contribution in [0.5, 0.6) is 0 Å². The smallest absolute Gasteiger partial charge is 0.0595 e. The normalized spacial score (nSPS) is 24.1. The maximum Gasteiger partial charge on any atom is 0.0595 e. The molecule has 1 aromatic heterocycles. The van der Waals surface area contributed by atoms with Crippen LogP contribution in [0.3, 0.4) is 0 Å². The number of hydrogen-bond acceptors (Lipinski definition) is 3. The summed E-state index contributed by atoms with van der Waals surface area (Å²) in [6.45, 7) is 8.65. The summed E-state index contributed by atoms with van der Waals surface area (Å²) in [5, 5.41) is 21.3. The van der Waals surface area contributed by atoms with E-state index < -0.39 is 0 Å². The number of rotatable bonds is 2. The molecule has 4 heteroatoms. The van der Waals surface area contributed by atoms with Gasteiger partial charge in [0.25, 0.3) is 0 Å². The van der Waals surface area contributed by atoms with Gasteiger partial charge >= 0.3 is 0 Å². The van der Waals surface area contributed by atoms with Gasteiger partial charge in [0.1, 0.15) is 0 Å². The molecule has 1 heterocycles. The molecule has 2 aliphatic carbocycles. The standard InChI is InChI=1S/C20H20N.C8H14O2.Ir/c1-13(2)17-6-5-16-7-8-21-20(19(16)12-17)18-10-14(3)9-15(4)11-18;9-6-3-1-5-2-4-7(10)8(5)6;/h5-10,12-13H,1-4H3;5-10H,1-4H2;/q-1;;. The van der Waals surface area contributed by atoms with E-state index in [1.165, 1.54) is 21.9 Å². The molecule has 1 radical (unpaired) electrons. The molecule has 173 valence electrons. The minimum Gasteiger partial charge on any atom is -0.393 e. The van der Waals surface area contributed by atoms with E-state index >= 15 is 0 Å². The van der Waals surface area contributed by atoms with Crippen LogP contribution in [0, 0.1) is 31.7 Å². The summed E-state index contributed by atoms with van der Waals surface area (Å²) in [6.07, 6.45) is 5.55. The van der Waals surface area contributed by atoms with Crippen LogP contribution in [-0.2, 0) is 20.1 Å². The Hall–Kier alpha value is -1.58. The fourth-order valence-corrected chi connectivity index (χ4v) is 5.35. The van der Waals surface area contributed by atoms with Crippen molar-refractivity contribution < 1.29 is 30.3 Å². The fourth-order valence-electron chi connectivity index (χ4n) is 5.35. The third-order valence-corrected chi connectivity index (χ3v) is 6.96. The van der Waals surface area contributed by atoms with Gasteiger partial charge in [-0.1, -0.05) is 45.9 Å². The first-order valence-corrected chi connectivity index (χ1v) is 11.6. The van der Waals surface area contributed by atoms with Crippen molar-refractivity contribution in [3.63, 3.8) is 0 Å². The van der Waals surface area contributed by atoms with Gasteiger partial charge < -0.3 is 15.2 Å². The van der Waals surface area contributed by atoms with Gasteiger partial charge in [-0.05, 0) is 65.6 Å². The van der Waals surface area contributed by atoms with E-state index in [1.54, 1.807) is 0 Å². The second-order valence-electron chi connectivity index (χ2n) is 9.68. The van der Waals surface area contributed by atoms with Crippen molar-refractivity contribution in [2.45, 2.75) is 71.5 Å². The van der Waals surface area contributed by atoms with Gasteiger partial charge in [0, 0.05) is 32.2 Å². The van der Waals surface area contributed by atoms with Crippen molar-refractivity contribution in [3.05, 3.63) is 65.4 Å². The number of benzene rings is 2. The Labute approximate surface area is 205 Å². The molecule has 0 aliphatic heterocycles. The monoisotopic (exact) mass is 609 g/mol. The molecule has 2 fully saturated rings. The number of nitrogens with zero attached hydrogens (tertiary/aromatic N) is 1. The zero-order valence-corrected chi connectivity index (χ0v) is 21.8. The number of pyridine rings is 1. The Morgan fingerprint density at radius 1 is 0.938 bits per heavy atom. The van der Waals surface area contributed by atoms with E-state index in [-0.39, 0.29) is 38.2 Å². The number of aliphatic hydroxyl groups excluding tert-OH is 2. The summed E-state index contributed by atoms with van der Waals surface area (Å²) in [5.41, 5.74) is 5.87. The van der Waals surface area contributed by atoms with E-state index in [9.17, 15) is 10.2 Å². The van der Waals surface area contributed by atoms with Crippen LogP contribution in [0.2, 0.25) is 0 Å². The zero-order valence-electron chi connectivity index (χ0n) is 19.4. The van der Waals surface area contributed by atoms with Crippen LogP contribution in [-0.4, -0.2) is 27.4 Å². The van der Waals surface area contributed by atoms with Crippen molar-refractivity contribution in [1.82, 2.24) is 4.98 Å². The van der Waals surface area contributed by atoms with Gasteiger partial charge in [0.15, 0.2) is 0 Å². The van der Waals surface area contributed by atoms with Gasteiger partial charge in [-0.15, -0.1) is 34.9 Å². The third-order valence-electron chi connectivity index (χ3n) is 6.96. The minimum atomic E-state index is -0.206. The van der Waals surface area contributed by atoms with E-state index in [2.05, 4.69) is 75.1 Å². The Morgan fingerprint density at radius 3 is 2.22 bits per heavy atom. The molecule has 2 saturated carbocycles. The average molecular weight is 609 g/mol. The molecular formula is C28H34IrNO2-. The summed E-state index contributed by atoms with van der Waals surface area (Å²) in [6, 6.07) is 16.5. The summed E-state index contributed by atoms with van der Waals surface area (Å²) < 4.78 is 0. The number of fused-ring (bicyclic) bond motifs is 2. The van der Waals surface area contributed by atoms with E-state index in [0.29, 0.717) is 11.8 Å². The van der Waals surface area contributed by atoms with Crippen LogP contribution < -0.4 is 0 Å². The van der Waals surface area contributed by atoms with Crippen LogP contribution in [0.4, 0.5) is 0 Å². The van der Waals surface area contributed by atoms with Crippen molar-refractivity contribution in [1.29, 1.82) is 0 Å². The average Bonchev–Trinajstić information content (AvgIpc) is 3.29. The Kier molecular flexibility index (Phi) is 8.27. The van der Waals surface area contributed by atoms with Crippen molar-refractivity contribution in [2.24, 2.45) is 11.8 Å². The second-order valence-corrected chi connectivity index (χ2v) is 9.68. The Morgan fingerprint density at radius 2 is 1.62 bits per heavy atom. The Balaban J connectivity index is 0.000000220. The molecule has 2 aromatic carbocycles. The van der Waals surface area contributed by atoms with Crippen LogP contribution in [0.1, 0.15) is 62.1 Å². The van der Waals surface area contributed by atoms with Gasteiger partial charge in [0.05, 0.1) is 12.2 Å². The number of hydrogen-bond donors (Lipinski definition) is 2. The topological polar surface area (TPSA) is 53.4 Å². The van der Waals surface area contributed by atoms with Gasteiger partial charge in [-0.25, -0.2) is 0 Å². The quantitative estimate of drug-likeness (QED) is 0.353. The van der Waals surface area contributed by atoms with Gasteiger partial charge in [0.2, 0.25) is 0 Å². The summed E-state index contributed by atoms with van der Waals surface area (Å²) in [7, 11) is 0. The molecule has 0 spiro atoms. The third kappa shape index (κ3) is 5.31. The second kappa shape index (κ2) is 10.6. The summed E-state index contributed by atoms with van der Waals surface area (Å²) >= 11 is 0.